The molecule has 0 saturated carbocycles. The van der Waals surface area contributed by atoms with Crippen molar-refractivity contribution in [1.82, 2.24) is 15.1 Å². The van der Waals surface area contributed by atoms with E-state index in [1.807, 2.05) is 17.0 Å². The molecular weight excluding hydrogens is 350 g/mol. The van der Waals surface area contributed by atoms with Gasteiger partial charge in [0.1, 0.15) is 0 Å². The summed E-state index contributed by atoms with van der Waals surface area (Å²) in [4.78, 5) is 28.4. The van der Waals surface area contributed by atoms with Crippen LogP contribution in [-0.2, 0) is 9.59 Å². The predicted octanol–water partition coefficient (Wildman–Crippen LogP) is 2.59. The highest BCUT2D eigenvalue weighted by atomic mass is 16.2. The zero-order chi connectivity index (χ0) is 19.3. The molecule has 1 atom stereocenters. The van der Waals surface area contributed by atoms with Gasteiger partial charge in [0.15, 0.2) is 0 Å². The molecule has 1 unspecified atom stereocenters. The van der Waals surface area contributed by atoms with Gasteiger partial charge in [0.2, 0.25) is 11.8 Å². The van der Waals surface area contributed by atoms with Crippen LogP contribution in [0.2, 0.25) is 0 Å². The molecule has 0 spiro atoms. The molecule has 2 aromatic carbocycles. The second-order valence-electron chi connectivity index (χ2n) is 7.65. The van der Waals surface area contributed by atoms with Gasteiger partial charge in [0.25, 0.3) is 0 Å². The van der Waals surface area contributed by atoms with Gasteiger partial charge in [-0.3, -0.25) is 14.5 Å². The van der Waals surface area contributed by atoms with E-state index in [2.05, 4.69) is 58.7 Å². The Kier molecular flexibility index (Phi) is 5.72. The van der Waals surface area contributed by atoms with Crippen molar-refractivity contribution in [2.45, 2.75) is 31.3 Å². The highest BCUT2D eigenvalue weighted by Gasteiger charge is 2.30. The number of hydrogen-bond acceptors (Lipinski definition) is 3. The minimum absolute atomic E-state index is 0.0133. The number of piperazine rings is 1. The zero-order valence-electron chi connectivity index (χ0n) is 16.1. The number of nitrogens with one attached hydrogen (secondary N) is 1. The van der Waals surface area contributed by atoms with Crippen molar-refractivity contribution in [2.24, 2.45) is 0 Å². The normalized spacial score (nSPS) is 20.4. The lowest BCUT2D eigenvalue weighted by Gasteiger charge is -2.40. The largest absolute Gasteiger partial charge is 0.353 e. The first-order valence-corrected chi connectivity index (χ1v) is 10.1. The lowest BCUT2D eigenvalue weighted by Crippen LogP contribution is -2.50. The fourth-order valence-electron chi connectivity index (χ4n) is 4.28. The molecule has 0 radical (unpaired) electrons. The third-order valence-corrected chi connectivity index (χ3v) is 5.77. The van der Waals surface area contributed by atoms with E-state index in [-0.39, 0.29) is 23.9 Å². The van der Waals surface area contributed by atoms with Gasteiger partial charge >= 0.3 is 0 Å². The van der Waals surface area contributed by atoms with E-state index in [9.17, 15) is 9.59 Å². The van der Waals surface area contributed by atoms with E-state index in [4.69, 9.17) is 0 Å². The number of nitrogens with zero attached hydrogens (tertiary/aromatic N) is 2. The molecule has 0 bridgehead atoms. The van der Waals surface area contributed by atoms with Crippen LogP contribution in [0.3, 0.4) is 0 Å². The van der Waals surface area contributed by atoms with Crippen molar-refractivity contribution in [1.29, 1.82) is 0 Å². The fourth-order valence-corrected chi connectivity index (χ4v) is 4.28. The molecule has 2 heterocycles. The van der Waals surface area contributed by atoms with Gasteiger partial charge in [-0.1, -0.05) is 60.7 Å². The summed E-state index contributed by atoms with van der Waals surface area (Å²) in [7, 11) is 0. The zero-order valence-corrected chi connectivity index (χ0v) is 16.1. The van der Waals surface area contributed by atoms with Crippen LogP contribution in [0.4, 0.5) is 0 Å². The lowest BCUT2D eigenvalue weighted by molar-refractivity contribution is -0.133. The van der Waals surface area contributed by atoms with Gasteiger partial charge < -0.3 is 10.2 Å². The van der Waals surface area contributed by atoms with Crippen LogP contribution in [0, 0.1) is 0 Å². The van der Waals surface area contributed by atoms with Gasteiger partial charge in [-0.25, -0.2) is 0 Å². The van der Waals surface area contributed by atoms with Crippen molar-refractivity contribution >= 4 is 11.8 Å². The van der Waals surface area contributed by atoms with E-state index < -0.39 is 0 Å². The molecular formula is C23H27N3O2. The summed E-state index contributed by atoms with van der Waals surface area (Å²) in [6.45, 7) is 3.15. The quantitative estimate of drug-likeness (QED) is 0.871. The Morgan fingerprint density at radius 2 is 1.50 bits per heavy atom. The first kappa shape index (κ1) is 18.7. The first-order chi connectivity index (χ1) is 13.7. The van der Waals surface area contributed by atoms with Crippen molar-refractivity contribution in [3.05, 3.63) is 71.8 Å². The number of carbonyl (C=O) groups excluding carboxylic acids is 2. The fraction of sp³-hybridized carbons (Fsp3) is 0.391. The SMILES string of the molecule is O=C1CCC(CC(=O)N2CCN(C(c3ccccc3)c3ccccc3)CC2)N1. The monoisotopic (exact) mass is 377 g/mol. The maximum absolute atomic E-state index is 12.6. The summed E-state index contributed by atoms with van der Waals surface area (Å²) in [6.07, 6.45) is 1.74. The second kappa shape index (κ2) is 8.57. The average Bonchev–Trinajstić information content (AvgIpc) is 3.15. The van der Waals surface area contributed by atoms with Gasteiger partial charge in [-0.05, 0) is 17.5 Å². The van der Waals surface area contributed by atoms with Crippen LogP contribution in [0.1, 0.15) is 36.4 Å². The smallest absolute Gasteiger partial charge is 0.224 e. The molecule has 2 amide bonds. The minimum atomic E-state index is 0.0133. The van der Waals surface area contributed by atoms with Gasteiger partial charge in [-0.2, -0.15) is 0 Å². The molecule has 146 valence electrons. The molecule has 0 aromatic heterocycles. The molecule has 28 heavy (non-hydrogen) atoms. The van der Waals surface area contributed by atoms with E-state index >= 15 is 0 Å². The Bertz CT molecular complexity index is 762. The molecule has 1 N–H and O–H groups in total. The Hall–Kier alpha value is -2.66. The summed E-state index contributed by atoms with van der Waals surface area (Å²) in [6, 6.07) is 21.4. The topological polar surface area (TPSA) is 52.7 Å². The third kappa shape index (κ3) is 4.25. The van der Waals surface area contributed by atoms with Crippen LogP contribution < -0.4 is 5.32 Å². The summed E-state index contributed by atoms with van der Waals surface area (Å²) in [5.74, 6) is 0.221. The Morgan fingerprint density at radius 3 is 2.00 bits per heavy atom. The molecule has 2 aliphatic heterocycles. The lowest BCUT2D eigenvalue weighted by atomic mass is 9.96. The predicted molar refractivity (Wildman–Crippen MR) is 109 cm³/mol. The average molecular weight is 377 g/mol. The van der Waals surface area contributed by atoms with Crippen LogP contribution in [0.5, 0.6) is 0 Å². The van der Waals surface area contributed by atoms with E-state index in [1.54, 1.807) is 0 Å². The van der Waals surface area contributed by atoms with Crippen molar-refractivity contribution in [3.63, 3.8) is 0 Å². The summed E-state index contributed by atoms with van der Waals surface area (Å²) >= 11 is 0. The molecule has 5 nitrogen and oxygen atoms in total. The number of hydrogen-bond donors (Lipinski definition) is 1. The van der Waals surface area contributed by atoms with Crippen LogP contribution in [-0.4, -0.2) is 53.8 Å². The maximum Gasteiger partial charge on any atom is 0.224 e. The van der Waals surface area contributed by atoms with Crippen LogP contribution in [0.15, 0.2) is 60.7 Å². The van der Waals surface area contributed by atoms with Gasteiger partial charge in [0, 0.05) is 45.1 Å². The third-order valence-electron chi connectivity index (χ3n) is 5.77. The number of benzene rings is 2. The Labute approximate surface area is 166 Å². The Morgan fingerprint density at radius 1 is 0.929 bits per heavy atom. The van der Waals surface area contributed by atoms with E-state index in [1.165, 1.54) is 11.1 Å². The maximum atomic E-state index is 12.6. The molecule has 5 heteroatoms. The summed E-state index contributed by atoms with van der Waals surface area (Å²) in [5.41, 5.74) is 2.56. The Balaban J connectivity index is 1.42. The van der Waals surface area contributed by atoms with Gasteiger partial charge in [0.05, 0.1) is 6.04 Å². The van der Waals surface area contributed by atoms with E-state index in [0.29, 0.717) is 12.8 Å². The van der Waals surface area contributed by atoms with Crippen LogP contribution in [0.25, 0.3) is 0 Å². The number of carbonyl (C=O) groups is 2. The number of rotatable bonds is 5. The summed E-state index contributed by atoms with van der Waals surface area (Å²) in [5, 5.41) is 2.90. The minimum Gasteiger partial charge on any atom is -0.353 e. The number of amides is 2. The molecule has 2 aromatic rings. The highest BCUT2D eigenvalue weighted by Crippen LogP contribution is 2.29. The second-order valence-corrected chi connectivity index (χ2v) is 7.65. The first-order valence-electron chi connectivity index (χ1n) is 10.1. The standard InChI is InChI=1S/C23H27N3O2/c27-21-12-11-20(24-21)17-22(28)25-13-15-26(16-14-25)23(18-7-3-1-4-8-18)19-9-5-2-6-10-19/h1-10,20,23H,11-17H2,(H,24,27). The molecule has 4 rings (SSSR count). The van der Waals surface area contributed by atoms with Gasteiger partial charge in [-0.15, -0.1) is 0 Å². The molecule has 2 aliphatic rings. The van der Waals surface area contributed by atoms with Crippen molar-refractivity contribution in [3.8, 4) is 0 Å². The summed E-state index contributed by atoms with van der Waals surface area (Å²) < 4.78 is 0. The van der Waals surface area contributed by atoms with E-state index in [0.717, 1.165) is 32.6 Å². The molecule has 0 aliphatic carbocycles. The molecule has 2 fully saturated rings. The van der Waals surface area contributed by atoms with Crippen molar-refractivity contribution in [2.75, 3.05) is 26.2 Å². The van der Waals surface area contributed by atoms with Crippen molar-refractivity contribution < 1.29 is 9.59 Å². The van der Waals surface area contributed by atoms with Crippen LogP contribution >= 0.6 is 0 Å². The molecule has 2 saturated heterocycles. The highest BCUT2D eigenvalue weighted by molar-refractivity contribution is 5.82.